The van der Waals surface area contributed by atoms with Gasteiger partial charge in [0.2, 0.25) is 0 Å². The standard InChI is InChI=1S/C15H16N2O4/c1-8-3-5-9(6-4-8)17-15(19)13-10-7-11(21-17)12(13)14(18)16(2)20-10/h3-6,10-13H,7H2,1-2H3. The van der Waals surface area contributed by atoms with Crippen LogP contribution in [0.15, 0.2) is 24.3 Å². The normalized spacial score (nSPS) is 34.6. The SMILES string of the molecule is Cc1ccc(N2OC3CC4ON(C)C(=O)C3C4C2=O)cc1. The highest BCUT2D eigenvalue weighted by atomic mass is 16.7. The van der Waals surface area contributed by atoms with Crippen LogP contribution >= 0.6 is 0 Å². The van der Waals surface area contributed by atoms with Gasteiger partial charge in [0.25, 0.3) is 11.8 Å². The smallest absolute Gasteiger partial charge is 0.257 e. The van der Waals surface area contributed by atoms with Crippen LogP contribution in [-0.2, 0) is 19.3 Å². The third kappa shape index (κ3) is 1.72. The molecule has 21 heavy (non-hydrogen) atoms. The van der Waals surface area contributed by atoms with E-state index in [0.29, 0.717) is 12.1 Å². The molecule has 2 heterocycles. The van der Waals surface area contributed by atoms with Crippen molar-refractivity contribution in [1.82, 2.24) is 5.06 Å². The van der Waals surface area contributed by atoms with Crippen molar-refractivity contribution < 1.29 is 19.3 Å². The molecule has 4 atom stereocenters. The van der Waals surface area contributed by atoms with Crippen molar-refractivity contribution in [2.24, 2.45) is 11.8 Å². The van der Waals surface area contributed by atoms with Gasteiger partial charge in [0.1, 0.15) is 12.2 Å². The third-order valence-electron chi connectivity index (χ3n) is 4.54. The van der Waals surface area contributed by atoms with Gasteiger partial charge < -0.3 is 0 Å². The topological polar surface area (TPSA) is 59.1 Å². The van der Waals surface area contributed by atoms with Crippen molar-refractivity contribution in [2.75, 3.05) is 12.1 Å². The number of carbonyl (C=O) groups excluding carboxylic acids is 2. The van der Waals surface area contributed by atoms with E-state index in [1.807, 2.05) is 31.2 Å². The Kier molecular flexibility index (Phi) is 2.61. The second-order valence-electron chi connectivity index (χ2n) is 5.88. The summed E-state index contributed by atoms with van der Waals surface area (Å²) in [6.45, 7) is 1.99. The number of benzene rings is 1. The Morgan fingerprint density at radius 2 is 1.62 bits per heavy atom. The van der Waals surface area contributed by atoms with Gasteiger partial charge in [-0.25, -0.2) is 5.06 Å². The van der Waals surface area contributed by atoms with E-state index in [9.17, 15) is 9.59 Å². The molecule has 4 bridgehead atoms. The molecular weight excluding hydrogens is 272 g/mol. The van der Waals surface area contributed by atoms with Crippen LogP contribution in [-0.4, -0.2) is 36.1 Å². The van der Waals surface area contributed by atoms with Gasteiger partial charge in [-0.3, -0.25) is 19.3 Å². The molecular formula is C15H16N2O4. The molecule has 2 aliphatic heterocycles. The minimum absolute atomic E-state index is 0.171. The number of anilines is 1. The number of carbonyl (C=O) groups is 2. The minimum atomic E-state index is -0.436. The Balaban J connectivity index is 1.68. The van der Waals surface area contributed by atoms with Gasteiger partial charge in [-0.2, -0.15) is 5.06 Å². The lowest BCUT2D eigenvalue weighted by Gasteiger charge is -2.40. The maximum Gasteiger partial charge on any atom is 0.257 e. The van der Waals surface area contributed by atoms with Gasteiger partial charge in [-0.05, 0) is 19.1 Å². The summed E-state index contributed by atoms with van der Waals surface area (Å²) in [6.07, 6.45) is 0.00146. The minimum Gasteiger partial charge on any atom is -0.272 e. The molecule has 1 aromatic rings. The molecule has 3 aliphatic rings. The molecule has 4 unspecified atom stereocenters. The summed E-state index contributed by atoms with van der Waals surface area (Å²) >= 11 is 0. The van der Waals surface area contributed by atoms with E-state index in [2.05, 4.69) is 0 Å². The predicted molar refractivity (Wildman–Crippen MR) is 72.8 cm³/mol. The van der Waals surface area contributed by atoms with Crippen LogP contribution in [0.3, 0.4) is 0 Å². The molecule has 2 amide bonds. The van der Waals surface area contributed by atoms with Crippen molar-refractivity contribution >= 4 is 17.5 Å². The van der Waals surface area contributed by atoms with Crippen LogP contribution in [0.25, 0.3) is 0 Å². The fourth-order valence-corrected chi connectivity index (χ4v) is 3.48. The number of rotatable bonds is 1. The van der Waals surface area contributed by atoms with E-state index in [0.717, 1.165) is 5.56 Å². The van der Waals surface area contributed by atoms with Crippen molar-refractivity contribution in [1.29, 1.82) is 0 Å². The zero-order valence-corrected chi connectivity index (χ0v) is 11.9. The summed E-state index contributed by atoms with van der Waals surface area (Å²) < 4.78 is 0. The van der Waals surface area contributed by atoms with Gasteiger partial charge >= 0.3 is 0 Å². The Morgan fingerprint density at radius 3 is 2.33 bits per heavy atom. The first-order chi connectivity index (χ1) is 10.1. The molecule has 4 rings (SSSR count). The van der Waals surface area contributed by atoms with E-state index >= 15 is 0 Å². The summed E-state index contributed by atoms with van der Waals surface area (Å²) in [4.78, 5) is 36.2. The van der Waals surface area contributed by atoms with E-state index in [1.54, 1.807) is 7.05 Å². The van der Waals surface area contributed by atoms with Gasteiger partial charge in [0, 0.05) is 13.5 Å². The van der Waals surface area contributed by atoms with E-state index in [1.165, 1.54) is 10.1 Å². The van der Waals surface area contributed by atoms with Gasteiger partial charge in [0.05, 0.1) is 17.5 Å². The molecule has 110 valence electrons. The maximum absolute atomic E-state index is 12.7. The van der Waals surface area contributed by atoms with Crippen LogP contribution in [0, 0.1) is 18.8 Å². The largest absolute Gasteiger partial charge is 0.272 e. The van der Waals surface area contributed by atoms with Gasteiger partial charge in [0.15, 0.2) is 0 Å². The molecule has 2 saturated heterocycles. The number of aryl methyl sites for hydroxylation is 1. The summed E-state index contributed by atoms with van der Waals surface area (Å²) in [6, 6.07) is 7.56. The molecule has 0 N–H and O–H groups in total. The fourth-order valence-electron chi connectivity index (χ4n) is 3.48. The predicted octanol–water partition coefficient (Wildman–Crippen LogP) is 1.05. The average molecular weight is 288 g/mol. The molecule has 0 radical (unpaired) electrons. The quantitative estimate of drug-likeness (QED) is 0.775. The first kappa shape index (κ1) is 12.8. The number of amides is 2. The number of hydrogen-bond donors (Lipinski definition) is 0. The zero-order valence-electron chi connectivity index (χ0n) is 11.9. The fraction of sp³-hybridized carbons (Fsp3) is 0.467. The van der Waals surface area contributed by atoms with Crippen LogP contribution in [0.1, 0.15) is 12.0 Å². The van der Waals surface area contributed by atoms with Gasteiger partial charge in [-0.15, -0.1) is 0 Å². The lowest BCUT2D eigenvalue weighted by molar-refractivity contribution is -0.226. The molecule has 1 aliphatic carbocycles. The monoisotopic (exact) mass is 288 g/mol. The lowest BCUT2D eigenvalue weighted by Crippen LogP contribution is -2.57. The van der Waals surface area contributed by atoms with Crippen LogP contribution in [0.5, 0.6) is 0 Å². The maximum atomic E-state index is 12.7. The Hall–Kier alpha value is -1.92. The summed E-state index contributed by atoms with van der Waals surface area (Å²) in [5.41, 5.74) is 1.81. The summed E-state index contributed by atoms with van der Waals surface area (Å²) in [5.74, 6) is -1.21. The zero-order chi connectivity index (χ0) is 14.7. The number of nitrogens with zero attached hydrogens (tertiary/aromatic N) is 2. The highest BCUT2D eigenvalue weighted by Gasteiger charge is 2.62. The van der Waals surface area contributed by atoms with Gasteiger partial charge in [-0.1, -0.05) is 17.7 Å². The number of hydrogen-bond acceptors (Lipinski definition) is 4. The molecule has 0 aromatic heterocycles. The number of hydroxylamine groups is 3. The first-order valence-electron chi connectivity index (χ1n) is 7.08. The summed E-state index contributed by atoms with van der Waals surface area (Å²) in [7, 11) is 1.59. The third-order valence-corrected chi connectivity index (χ3v) is 4.54. The summed E-state index contributed by atoms with van der Waals surface area (Å²) in [5, 5.41) is 2.57. The molecule has 6 nitrogen and oxygen atoms in total. The molecule has 1 aromatic carbocycles. The van der Waals surface area contributed by atoms with Crippen molar-refractivity contribution in [3.05, 3.63) is 29.8 Å². The lowest BCUT2D eigenvalue weighted by atomic mass is 9.89. The van der Waals surface area contributed by atoms with Crippen LogP contribution in [0.4, 0.5) is 5.69 Å². The second kappa shape index (κ2) is 4.29. The Labute approximate surface area is 122 Å². The van der Waals surface area contributed by atoms with Crippen molar-refractivity contribution in [2.45, 2.75) is 25.6 Å². The molecule has 6 heteroatoms. The van der Waals surface area contributed by atoms with Crippen molar-refractivity contribution in [3.8, 4) is 0 Å². The molecule has 1 saturated carbocycles. The van der Waals surface area contributed by atoms with Crippen LogP contribution in [0.2, 0.25) is 0 Å². The average Bonchev–Trinajstić information content (AvgIpc) is 2.68. The highest BCUT2D eigenvalue weighted by Crippen LogP contribution is 2.46. The molecule has 0 spiro atoms. The first-order valence-corrected chi connectivity index (χ1v) is 7.08. The Morgan fingerprint density at radius 1 is 1.00 bits per heavy atom. The van der Waals surface area contributed by atoms with E-state index in [4.69, 9.17) is 9.68 Å². The van der Waals surface area contributed by atoms with E-state index in [-0.39, 0.29) is 24.0 Å². The van der Waals surface area contributed by atoms with Crippen LogP contribution < -0.4 is 5.06 Å². The second-order valence-corrected chi connectivity index (χ2v) is 5.88. The van der Waals surface area contributed by atoms with Crippen molar-refractivity contribution in [3.63, 3.8) is 0 Å². The molecule has 3 fully saturated rings. The highest BCUT2D eigenvalue weighted by molar-refractivity contribution is 5.99. The van der Waals surface area contributed by atoms with E-state index < -0.39 is 11.8 Å². The Bertz CT molecular complexity index is 615.